The molecule has 3 heterocycles. The predicted octanol–water partition coefficient (Wildman–Crippen LogP) is 3.10. The lowest BCUT2D eigenvalue weighted by Gasteiger charge is -2.35. The Balaban J connectivity index is 1.42. The van der Waals surface area contributed by atoms with Crippen molar-refractivity contribution in [1.29, 1.82) is 0 Å². The van der Waals surface area contributed by atoms with E-state index in [2.05, 4.69) is 41.4 Å². The minimum atomic E-state index is -0.346. The number of carbonyl (C=O) groups excluding carboxylic acids is 2. The molecular weight excluding hydrogens is 352 g/mol. The van der Waals surface area contributed by atoms with E-state index in [-0.39, 0.29) is 17.9 Å². The van der Waals surface area contributed by atoms with E-state index in [0.29, 0.717) is 18.9 Å². The zero-order chi connectivity index (χ0) is 19.7. The minimum Gasteiger partial charge on any atom is -0.341 e. The Morgan fingerprint density at radius 1 is 1.25 bits per heavy atom. The summed E-state index contributed by atoms with van der Waals surface area (Å²) in [5.41, 5.74) is 4.74. The number of H-pyrrole nitrogens is 1. The molecule has 1 aromatic carbocycles. The number of piperidine rings is 1. The summed E-state index contributed by atoms with van der Waals surface area (Å²) in [7, 11) is 0. The molecule has 2 aliphatic heterocycles. The number of aryl methyl sites for hydroxylation is 1. The Morgan fingerprint density at radius 2 is 2.04 bits per heavy atom. The quantitative estimate of drug-likeness (QED) is 0.886. The number of likely N-dealkylation sites (tertiary alicyclic amines) is 2. The number of aromatic nitrogens is 2. The molecule has 1 atom stereocenters. The van der Waals surface area contributed by atoms with Gasteiger partial charge in [0.2, 0.25) is 11.8 Å². The van der Waals surface area contributed by atoms with Crippen molar-refractivity contribution in [3.8, 4) is 11.1 Å². The van der Waals surface area contributed by atoms with Gasteiger partial charge in [0, 0.05) is 43.2 Å². The van der Waals surface area contributed by atoms with Crippen molar-refractivity contribution in [2.75, 3.05) is 19.6 Å². The molecule has 1 N–H and O–H groups in total. The maximum absolute atomic E-state index is 12.9. The smallest absolute Gasteiger partial charge is 0.245 e. The normalized spacial score (nSPS) is 19.3. The Morgan fingerprint density at radius 3 is 2.71 bits per heavy atom. The standard InChI is InChI=1S/C22H28N4O2/c1-15-5-3-6-18(13-15)19-14-23-24-21(19)17-8-11-25(12-9-17)22(28)16(2)26-10-4-7-20(26)27/h3,5-6,13-14,16-17H,4,7-12H2,1-2H3,(H,23,24). The number of nitrogens with zero attached hydrogens (tertiary/aromatic N) is 3. The van der Waals surface area contributed by atoms with Gasteiger partial charge in [-0.3, -0.25) is 14.7 Å². The van der Waals surface area contributed by atoms with Crippen LogP contribution >= 0.6 is 0 Å². The van der Waals surface area contributed by atoms with Crippen LogP contribution in [0.1, 0.15) is 49.8 Å². The molecular formula is C22H28N4O2. The van der Waals surface area contributed by atoms with Crippen molar-refractivity contribution in [1.82, 2.24) is 20.0 Å². The summed E-state index contributed by atoms with van der Waals surface area (Å²) in [6.45, 7) is 6.11. The molecule has 1 unspecified atom stereocenters. The number of aromatic amines is 1. The van der Waals surface area contributed by atoms with E-state index in [9.17, 15) is 9.59 Å². The summed E-state index contributed by atoms with van der Waals surface area (Å²) in [6.07, 6.45) is 5.16. The number of rotatable bonds is 4. The fourth-order valence-electron chi connectivity index (χ4n) is 4.51. The molecule has 4 rings (SSSR count). The fraction of sp³-hybridized carbons (Fsp3) is 0.500. The number of nitrogens with one attached hydrogen (secondary N) is 1. The topological polar surface area (TPSA) is 69.3 Å². The fourth-order valence-corrected chi connectivity index (χ4v) is 4.51. The number of amides is 2. The predicted molar refractivity (Wildman–Crippen MR) is 108 cm³/mol. The van der Waals surface area contributed by atoms with Crippen LogP contribution in [0.2, 0.25) is 0 Å². The van der Waals surface area contributed by atoms with Crippen molar-refractivity contribution in [2.24, 2.45) is 0 Å². The first-order valence-electron chi connectivity index (χ1n) is 10.2. The monoisotopic (exact) mass is 380 g/mol. The van der Waals surface area contributed by atoms with Crippen molar-refractivity contribution in [2.45, 2.75) is 51.5 Å². The summed E-state index contributed by atoms with van der Waals surface area (Å²) in [5.74, 6) is 0.555. The highest BCUT2D eigenvalue weighted by atomic mass is 16.2. The van der Waals surface area contributed by atoms with Crippen LogP contribution in [0.3, 0.4) is 0 Å². The second kappa shape index (κ2) is 7.78. The van der Waals surface area contributed by atoms with E-state index in [4.69, 9.17) is 0 Å². The first-order valence-corrected chi connectivity index (χ1v) is 10.2. The van der Waals surface area contributed by atoms with Gasteiger partial charge < -0.3 is 9.80 Å². The second-order valence-corrected chi connectivity index (χ2v) is 8.03. The largest absolute Gasteiger partial charge is 0.341 e. The number of benzene rings is 1. The van der Waals surface area contributed by atoms with Gasteiger partial charge in [0.25, 0.3) is 0 Å². The van der Waals surface area contributed by atoms with Gasteiger partial charge >= 0.3 is 0 Å². The van der Waals surface area contributed by atoms with E-state index < -0.39 is 0 Å². The second-order valence-electron chi connectivity index (χ2n) is 8.03. The van der Waals surface area contributed by atoms with Gasteiger partial charge in [-0.1, -0.05) is 29.8 Å². The van der Waals surface area contributed by atoms with Crippen LogP contribution in [0.25, 0.3) is 11.1 Å². The molecule has 148 valence electrons. The van der Waals surface area contributed by atoms with Gasteiger partial charge in [-0.05, 0) is 38.7 Å². The van der Waals surface area contributed by atoms with Crippen molar-refractivity contribution >= 4 is 11.8 Å². The molecule has 0 bridgehead atoms. The summed E-state index contributed by atoms with van der Waals surface area (Å²) in [4.78, 5) is 28.5. The molecule has 0 spiro atoms. The molecule has 2 saturated heterocycles. The molecule has 0 aliphatic carbocycles. The van der Waals surface area contributed by atoms with Crippen LogP contribution in [0.5, 0.6) is 0 Å². The van der Waals surface area contributed by atoms with Crippen LogP contribution in [0.4, 0.5) is 0 Å². The van der Waals surface area contributed by atoms with Gasteiger partial charge in [0.1, 0.15) is 6.04 Å². The highest BCUT2D eigenvalue weighted by molar-refractivity contribution is 5.88. The highest BCUT2D eigenvalue weighted by Gasteiger charge is 2.34. The zero-order valence-electron chi connectivity index (χ0n) is 16.6. The van der Waals surface area contributed by atoms with Gasteiger partial charge in [0.05, 0.1) is 6.20 Å². The Bertz CT molecular complexity index is 867. The third-order valence-electron chi connectivity index (χ3n) is 6.15. The van der Waals surface area contributed by atoms with Crippen molar-refractivity contribution in [3.63, 3.8) is 0 Å². The third-order valence-corrected chi connectivity index (χ3v) is 6.15. The molecule has 0 radical (unpaired) electrons. The highest BCUT2D eigenvalue weighted by Crippen LogP contribution is 2.34. The number of carbonyl (C=O) groups is 2. The van der Waals surface area contributed by atoms with Crippen molar-refractivity contribution in [3.05, 3.63) is 41.7 Å². The lowest BCUT2D eigenvalue weighted by atomic mass is 9.89. The molecule has 1 aromatic heterocycles. The van der Waals surface area contributed by atoms with Crippen LogP contribution in [-0.4, -0.2) is 57.5 Å². The van der Waals surface area contributed by atoms with E-state index in [1.165, 1.54) is 16.8 Å². The summed E-state index contributed by atoms with van der Waals surface area (Å²) < 4.78 is 0. The van der Waals surface area contributed by atoms with Crippen LogP contribution in [0.15, 0.2) is 30.5 Å². The summed E-state index contributed by atoms with van der Waals surface area (Å²) in [6, 6.07) is 8.13. The van der Waals surface area contributed by atoms with Gasteiger partial charge in [0.15, 0.2) is 0 Å². The van der Waals surface area contributed by atoms with Gasteiger partial charge in [-0.15, -0.1) is 0 Å². The van der Waals surface area contributed by atoms with E-state index in [1.807, 2.05) is 18.0 Å². The maximum atomic E-state index is 12.9. The first-order chi connectivity index (χ1) is 13.5. The van der Waals surface area contributed by atoms with Crippen molar-refractivity contribution < 1.29 is 9.59 Å². The third kappa shape index (κ3) is 3.55. The van der Waals surface area contributed by atoms with E-state index in [0.717, 1.165) is 37.9 Å². The Hall–Kier alpha value is -2.63. The number of hydrogen-bond acceptors (Lipinski definition) is 3. The SMILES string of the molecule is Cc1cccc(-c2cn[nH]c2C2CCN(C(=O)C(C)N3CCCC3=O)CC2)c1. The maximum Gasteiger partial charge on any atom is 0.245 e. The molecule has 0 saturated carbocycles. The lowest BCUT2D eigenvalue weighted by molar-refractivity contribution is -0.143. The Kier molecular flexibility index (Phi) is 5.20. The molecule has 6 nitrogen and oxygen atoms in total. The van der Waals surface area contributed by atoms with Crippen LogP contribution in [-0.2, 0) is 9.59 Å². The molecule has 2 aromatic rings. The van der Waals surface area contributed by atoms with Crippen LogP contribution in [0, 0.1) is 6.92 Å². The molecule has 2 fully saturated rings. The van der Waals surface area contributed by atoms with E-state index >= 15 is 0 Å². The molecule has 28 heavy (non-hydrogen) atoms. The minimum absolute atomic E-state index is 0.0808. The molecule has 6 heteroatoms. The summed E-state index contributed by atoms with van der Waals surface area (Å²) in [5, 5.41) is 7.50. The molecule has 2 aliphatic rings. The molecule has 2 amide bonds. The zero-order valence-corrected chi connectivity index (χ0v) is 16.6. The van der Waals surface area contributed by atoms with Gasteiger partial charge in [-0.2, -0.15) is 5.10 Å². The Labute approximate surface area is 165 Å². The number of hydrogen-bond donors (Lipinski definition) is 1. The average Bonchev–Trinajstić information content (AvgIpc) is 3.36. The summed E-state index contributed by atoms with van der Waals surface area (Å²) >= 11 is 0. The first kappa shape index (κ1) is 18.7. The van der Waals surface area contributed by atoms with E-state index in [1.54, 1.807) is 4.90 Å². The van der Waals surface area contributed by atoms with Crippen LogP contribution < -0.4 is 0 Å². The van der Waals surface area contributed by atoms with Gasteiger partial charge in [-0.25, -0.2) is 0 Å². The average molecular weight is 380 g/mol. The lowest BCUT2D eigenvalue weighted by Crippen LogP contribution is -2.49.